The maximum Gasteiger partial charge on any atom is 0.161 e. The third-order valence-electron chi connectivity index (χ3n) is 2.38. The lowest BCUT2D eigenvalue weighted by Gasteiger charge is -2.10. The van der Waals surface area contributed by atoms with Crippen LogP contribution in [0.4, 0.5) is 0 Å². The highest BCUT2D eigenvalue weighted by molar-refractivity contribution is 5.85. The summed E-state index contributed by atoms with van der Waals surface area (Å²) in [5, 5.41) is 3.04. The van der Waals surface area contributed by atoms with Crippen LogP contribution in [0.2, 0.25) is 0 Å². The quantitative estimate of drug-likeness (QED) is 0.663. The van der Waals surface area contributed by atoms with E-state index in [1.807, 2.05) is 25.2 Å². The molecule has 1 rings (SSSR count). The van der Waals surface area contributed by atoms with Crippen molar-refractivity contribution in [3.05, 3.63) is 23.8 Å². The highest BCUT2D eigenvalue weighted by Crippen LogP contribution is 2.27. The number of aliphatic imine (C=N–C) groups is 1. The Hall–Kier alpha value is -1.42. The number of likely N-dealkylation sites (N-methyl/N-ethyl adjacent to an activating group) is 1. The Kier molecular flexibility index (Phi) is 7.14. The molecule has 0 fully saturated rings. The number of methoxy groups -OCH3 is 2. The molecule has 0 heterocycles. The SMILES string of the molecule is CN=C(Cc1ccc(OC)c(OC)c1)NC.Cl. The highest BCUT2D eigenvalue weighted by atomic mass is 35.5. The predicted molar refractivity (Wildman–Crippen MR) is 72.9 cm³/mol. The minimum Gasteiger partial charge on any atom is -0.493 e. The van der Waals surface area contributed by atoms with Gasteiger partial charge in [0.1, 0.15) is 5.84 Å². The fourth-order valence-corrected chi connectivity index (χ4v) is 1.46. The van der Waals surface area contributed by atoms with Crippen LogP contribution >= 0.6 is 12.4 Å². The molecule has 0 bridgehead atoms. The Morgan fingerprint density at radius 2 is 1.88 bits per heavy atom. The molecule has 17 heavy (non-hydrogen) atoms. The van der Waals surface area contributed by atoms with E-state index in [0.717, 1.165) is 29.3 Å². The molecule has 0 aliphatic rings. The van der Waals surface area contributed by atoms with E-state index in [-0.39, 0.29) is 12.4 Å². The Balaban J connectivity index is 0.00000256. The summed E-state index contributed by atoms with van der Waals surface area (Å²) in [5.41, 5.74) is 1.13. The summed E-state index contributed by atoms with van der Waals surface area (Å²) < 4.78 is 10.4. The van der Waals surface area contributed by atoms with Crippen molar-refractivity contribution in [1.82, 2.24) is 5.32 Å². The number of halogens is 1. The van der Waals surface area contributed by atoms with Crippen LogP contribution in [-0.4, -0.2) is 34.2 Å². The van der Waals surface area contributed by atoms with Crippen LogP contribution in [0.1, 0.15) is 5.56 Å². The molecule has 1 aromatic carbocycles. The number of nitrogens with zero attached hydrogens (tertiary/aromatic N) is 1. The van der Waals surface area contributed by atoms with Gasteiger partial charge in [0.25, 0.3) is 0 Å². The monoisotopic (exact) mass is 258 g/mol. The van der Waals surface area contributed by atoms with Gasteiger partial charge in [-0.25, -0.2) is 0 Å². The van der Waals surface area contributed by atoms with Crippen LogP contribution in [0, 0.1) is 0 Å². The second-order valence-corrected chi connectivity index (χ2v) is 3.29. The van der Waals surface area contributed by atoms with Crippen molar-refractivity contribution in [2.24, 2.45) is 4.99 Å². The molecule has 96 valence electrons. The van der Waals surface area contributed by atoms with Crippen LogP contribution in [0.3, 0.4) is 0 Å². The molecule has 5 heteroatoms. The van der Waals surface area contributed by atoms with Gasteiger partial charge in [-0.05, 0) is 17.7 Å². The van der Waals surface area contributed by atoms with Crippen molar-refractivity contribution >= 4 is 18.2 Å². The van der Waals surface area contributed by atoms with Crippen LogP contribution in [0.5, 0.6) is 11.5 Å². The van der Waals surface area contributed by atoms with E-state index in [4.69, 9.17) is 9.47 Å². The summed E-state index contributed by atoms with van der Waals surface area (Å²) in [5.74, 6) is 2.42. The number of hydrogen-bond acceptors (Lipinski definition) is 3. The zero-order valence-corrected chi connectivity index (χ0v) is 11.4. The maximum atomic E-state index is 5.24. The first kappa shape index (κ1) is 15.6. The van der Waals surface area contributed by atoms with Gasteiger partial charge in [0.15, 0.2) is 11.5 Å². The van der Waals surface area contributed by atoms with E-state index in [9.17, 15) is 0 Å². The summed E-state index contributed by atoms with van der Waals surface area (Å²) in [6, 6.07) is 5.86. The summed E-state index contributed by atoms with van der Waals surface area (Å²) in [6.45, 7) is 0. The molecule has 1 aromatic rings. The van der Waals surface area contributed by atoms with E-state index in [1.165, 1.54) is 0 Å². The van der Waals surface area contributed by atoms with Crippen molar-refractivity contribution in [3.8, 4) is 11.5 Å². The lowest BCUT2D eigenvalue weighted by Crippen LogP contribution is -2.20. The molecule has 4 nitrogen and oxygen atoms in total. The third-order valence-corrected chi connectivity index (χ3v) is 2.38. The van der Waals surface area contributed by atoms with Gasteiger partial charge in [0.05, 0.1) is 14.2 Å². The number of hydrogen-bond donors (Lipinski definition) is 1. The molecular formula is C12H19ClN2O2. The Labute approximate surface area is 108 Å². The molecule has 0 saturated heterocycles. The Morgan fingerprint density at radius 1 is 1.24 bits per heavy atom. The van der Waals surface area contributed by atoms with Crippen molar-refractivity contribution in [1.29, 1.82) is 0 Å². The fraction of sp³-hybridized carbons (Fsp3) is 0.417. The third kappa shape index (κ3) is 4.15. The molecule has 0 aliphatic heterocycles. The predicted octanol–water partition coefficient (Wildman–Crippen LogP) is 1.92. The number of ether oxygens (including phenoxy) is 2. The summed E-state index contributed by atoms with van der Waals surface area (Å²) in [7, 11) is 6.90. The largest absolute Gasteiger partial charge is 0.493 e. The summed E-state index contributed by atoms with van der Waals surface area (Å²) in [4.78, 5) is 4.13. The second kappa shape index (κ2) is 7.79. The van der Waals surface area contributed by atoms with Gasteiger partial charge >= 0.3 is 0 Å². The average molecular weight is 259 g/mol. The molecule has 0 spiro atoms. The molecule has 0 unspecified atom stereocenters. The minimum atomic E-state index is 0. The van der Waals surface area contributed by atoms with Gasteiger partial charge < -0.3 is 14.8 Å². The van der Waals surface area contributed by atoms with Crippen LogP contribution in [-0.2, 0) is 6.42 Å². The van der Waals surface area contributed by atoms with E-state index < -0.39 is 0 Å². The highest BCUT2D eigenvalue weighted by Gasteiger charge is 2.05. The zero-order valence-electron chi connectivity index (χ0n) is 10.6. The van der Waals surface area contributed by atoms with E-state index in [2.05, 4.69) is 10.3 Å². The van der Waals surface area contributed by atoms with Crippen LogP contribution < -0.4 is 14.8 Å². The standard InChI is InChI=1S/C12H18N2O2.ClH/c1-13-12(14-2)8-9-5-6-10(15-3)11(7-9)16-4;/h5-7H,8H2,1-4H3,(H,13,14);1H. The molecule has 0 saturated carbocycles. The first-order valence-electron chi connectivity index (χ1n) is 5.09. The fourth-order valence-electron chi connectivity index (χ4n) is 1.46. The summed E-state index contributed by atoms with van der Waals surface area (Å²) in [6.07, 6.45) is 0.757. The van der Waals surface area contributed by atoms with Crippen molar-refractivity contribution < 1.29 is 9.47 Å². The zero-order chi connectivity index (χ0) is 12.0. The number of rotatable bonds is 4. The van der Waals surface area contributed by atoms with Crippen LogP contribution in [0.25, 0.3) is 0 Å². The lowest BCUT2D eigenvalue weighted by molar-refractivity contribution is 0.354. The van der Waals surface area contributed by atoms with Crippen molar-refractivity contribution in [3.63, 3.8) is 0 Å². The van der Waals surface area contributed by atoms with Gasteiger partial charge in [-0.2, -0.15) is 0 Å². The minimum absolute atomic E-state index is 0. The number of nitrogens with one attached hydrogen (secondary N) is 1. The normalized spacial score (nSPS) is 10.5. The Bertz CT molecular complexity index is 381. The summed E-state index contributed by atoms with van der Waals surface area (Å²) >= 11 is 0. The number of amidine groups is 1. The van der Waals surface area contributed by atoms with Gasteiger partial charge in [0.2, 0.25) is 0 Å². The van der Waals surface area contributed by atoms with E-state index in [1.54, 1.807) is 21.3 Å². The van der Waals surface area contributed by atoms with Crippen molar-refractivity contribution in [2.45, 2.75) is 6.42 Å². The second-order valence-electron chi connectivity index (χ2n) is 3.29. The topological polar surface area (TPSA) is 42.9 Å². The molecule has 0 aliphatic carbocycles. The first-order chi connectivity index (χ1) is 7.74. The van der Waals surface area contributed by atoms with Gasteiger partial charge in [-0.3, -0.25) is 4.99 Å². The molecule has 1 N–H and O–H groups in total. The van der Waals surface area contributed by atoms with E-state index >= 15 is 0 Å². The smallest absolute Gasteiger partial charge is 0.161 e. The molecule has 0 amide bonds. The van der Waals surface area contributed by atoms with Crippen molar-refractivity contribution in [2.75, 3.05) is 28.3 Å². The first-order valence-corrected chi connectivity index (χ1v) is 5.09. The number of benzene rings is 1. The van der Waals surface area contributed by atoms with Gasteiger partial charge in [-0.1, -0.05) is 6.07 Å². The van der Waals surface area contributed by atoms with Crippen LogP contribution in [0.15, 0.2) is 23.2 Å². The molecular weight excluding hydrogens is 240 g/mol. The molecule has 0 radical (unpaired) electrons. The van der Waals surface area contributed by atoms with Gasteiger partial charge in [0, 0.05) is 20.5 Å². The molecule has 0 atom stereocenters. The average Bonchev–Trinajstić information content (AvgIpc) is 2.35. The lowest BCUT2D eigenvalue weighted by atomic mass is 10.1. The molecule has 0 aromatic heterocycles. The maximum absolute atomic E-state index is 5.24. The van der Waals surface area contributed by atoms with E-state index in [0.29, 0.717) is 0 Å². The Morgan fingerprint density at radius 3 is 2.35 bits per heavy atom. The van der Waals surface area contributed by atoms with Gasteiger partial charge in [-0.15, -0.1) is 12.4 Å².